The number of halogens is 2. The molecule has 6 heteroatoms. The van der Waals surface area contributed by atoms with Crippen molar-refractivity contribution in [1.29, 1.82) is 0 Å². The van der Waals surface area contributed by atoms with Gasteiger partial charge in [0.05, 0.1) is 25.3 Å². The number of alkyl halides is 2. The van der Waals surface area contributed by atoms with Crippen LogP contribution in [0.4, 0.5) is 8.78 Å². The van der Waals surface area contributed by atoms with E-state index in [-0.39, 0.29) is 19.3 Å². The summed E-state index contributed by atoms with van der Waals surface area (Å²) in [5.41, 5.74) is 0. The lowest BCUT2D eigenvalue weighted by Crippen LogP contribution is -2.57. The number of nitrogens with zero attached hydrogens (tertiary/aromatic N) is 1. The predicted octanol–water partition coefficient (Wildman–Crippen LogP) is -0.0387. The Bertz CT molecular complexity index is 253. The van der Waals surface area contributed by atoms with Gasteiger partial charge in [-0.15, -0.1) is 0 Å². The number of fused-ring (bicyclic) bond motifs is 1. The maximum absolute atomic E-state index is 12.9. The molecule has 0 aliphatic carbocycles. The summed E-state index contributed by atoms with van der Waals surface area (Å²) in [6.07, 6.45) is -2.53. The van der Waals surface area contributed by atoms with Gasteiger partial charge in [0.15, 0.2) is 0 Å². The molecular formula is C8H11F2NO3. The molecule has 2 atom stereocenters. The second-order valence-corrected chi connectivity index (χ2v) is 3.61. The Labute approximate surface area is 79.4 Å². The van der Waals surface area contributed by atoms with Crippen molar-refractivity contribution in [3.63, 3.8) is 0 Å². The average molecular weight is 207 g/mol. The molecule has 0 spiro atoms. The Morgan fingerprint density at radius 2 is 2.29 bits per heavy atom. The number of ether oxygens (including phenoxy) is 1. The third kappa shape index (κ3) is 1.29. The van der Waals surface area contributed by atoms with Crippen molar-refractivity contribution >= 4 is 5.91 Å². The van der Waals surface area contributed by atoms with Gasteiger partial charge in [-0.25, -0.2) is 0 Å². The Morgan fingerprint density at radius 3 is 2.93 bits per heavy atom. The number of hydrogen-bond donors (Lipinski definition) is 1. The Balaban J connectivity index is 2.21. The zero-order chi connectivity index (χ0) is 10.3. The van der Waals surface area contributed by atoms with Gasteiger partial charge in [-0.1, -0.05) is 0 Å². The fourth-order valence-corrected chi connectivity index (χ4v) is 2.05. The molecule has 14 heavy (non-hydrogen) atoms. The smallest absolute Gasteiger partial charge is 0.394 e. The number of aliphatic hydroxyl groups excluding tert-OH is 1. The first-order valence-corrected chi connectivity index (χ1v) is 4.51. The molecule has 2 saturated heterocycles. The summed E-state index contributed by atoms with van der Waals surface area (Å²) in [7, 11) is 0. The van der Waals surface area contributed by atoms with Gasteiger partial charge >= 0.3 is 12.0 Å². The number of carbonyl (C=O) groups is 1. The fraction of sp³-hybridized carbons (Fsp3) is 0.875. The second kappa shape index (κ2) is 3.13. The highest BCUT2D eigenvalue weighted by Gasteiger charge is 2.54. The van der Waals surface area contributed by atoms with E-state index in [1.54, 1.807) is 0 Å². The summed E-state index contributed by atoms with van der Waals surface area (Å²) < 4.78 is 29.9. The summed E-state index contributed by atoms with van der Waals surface area (Å²) in [5.74, 6) is -1.31. The molecule has 0 bridgehead atoms. The topological polar surface area (TPSA) is 49.8 Å². The number of hydrogen-bond acceptors (Lipinski definition) is 3. The van der Waals surface area contributed by atoms with Crippen LogP contribution in [0.15, 0.2) is 0 Å². The SMILES string of the molecule is O=C1N2[C@H](CC[C@@H]2CO)COC1(F)F. The Kier molecular flexibility index (Phi) is 2.19. The van der Waals surface area contributed by atoms with Gasteiger partial charge in [-0.2, -0.15) is 8.78 Å². The lowest BCUT2D eigenvalue weighted by molar-refractivity contribution is -0.263. The zero-order valence-electron chi connectivity index (χ0n) is 7.45. The molecule has 2 aliphatic rings. The summed E-state index contributed by atoms with van der Waals surface area (Å²) >= 11 is 0. The van der Waals surface area contributed by atoms with E-state index in [9.17, 15) is 13.6 Å². The van der Waals surface area contributed by atoms with Crippen LogP contribution in [0.1, 0.15) is 12.8 Å². The largest absolute Gasteiger partial charge is 0.436 e. The van der Waals surface area contributed by atoms with Crippen molar-refractivity contribution in [2.24, 2.45) is 0 Å². The monoisotopic (exact) mass is 207 g/mol. The standard InChI is InChI=1S/C8H11F2NO3/c9-8(10)7(13)11-5(3-12)1-2-6(11)4-14-8/h5-6,12H,1-4H2/t5-,6-/m1/s1. The van der Waals surface area contributed by atoms with Crippen molar-refractivity contribution in [2.75, 3.05) is 13.2 Å². The van der Waals surface area contributed by atoms with Crippen molar-refractivity contribution < 1.29 is 23.4 Å². The third-order valence-corrected chi connectivity index (χ3v) is 2.77. The van der Waals surface area contributed by atoms with E-state index < -0.39 is 18.1 Å². The van der Waals surface area contributed by atoms with Crippen LogP contribution in [-0.4, -0.2) is 47.3 Å². The van der Waals surface area contributed by atoms with E-state index in [0.29, 0.717) is 12.8 Å². The number of rotatable bonds is 1. The highest BCUT2D eigenvalue weighted by molar-refractivity contribution is 5.83. The molecule has 2 heterocycles. The normalized spacial score (nSPS) is 35.9. The van der Waals surface area contributed by atoms with Crippen molar-refractivity contribution in [3.8, 4) is 0 Å². The van der Waals surface area contributed by atoms with Gasteiger partial charge in [0.2, 0.25) is 0 Å². The van der Waals surface area contributed by atoms with Crippen molar-refractivity contribution in [2.45, 2.75) is 31.0 Å². The van der Waals surface area contributed by atoms with Crippen LogP contribution < -0.4 is 0 Å². The van der Waals surface area contributed by atoms with Crippen LogP contribution in [0.5, 0.6) is 0 Å². The molecule has 2 rings (SSSR count). The van der Waals surface area contributed by atoms with Gasteiger partial charge in [-0.3, -0.25) is 4.79 Å². The summed E-state index contributed by atoms with van der Waals surface area (Å²) in [5, 5.41) is 8.91. The van der Waals surface area contributed by atoms with Crippen LogP contribution in [0, 0.1) is 0 Å². The van der Waals surface area contributed by atoms with Crippen molar-refractivity contribution in [3.05, 3.63) is 0 Å². The predicted molar refractivity (Wildman–Crippen MR) is 41.6 cm³/mol. The fourth-order valence-electron chi connectivity index (χ4n) is 2.05. The first kappa shape index (κ1) is 9.79. The average Bonchev–Trinajstić information content (AvgIpc) is 2.55. The number of amides is 1. The minimum Gasteiger partial charge on any atom is -0.394 e. The number of aliphatic hydroxyl groups is 1. The van der Waals surface area contributed by atoms with Crippen LogP contribution in [0.25, 0.3) is 0 Å². The molecule has 2 fully saturated rings. The van der Waals surface area contributed by atoms with Crippen LogP contribution in [0.2, 0.25) is 0 Å². The first-order chi connectivity index (χ1) is 6.56. The molecule has 1 amide bonds. The van der Waals surface area contributed by atoms with E-state index in [2.05, 4.69) is 4.74 Å². The van der Waals surface area contributed by atoms with E-state index in [4.69, 9.17) is 5.11 Å². The van der Waals surface area contributed by atoms with Gasteiger partial charge < -0.3 is 14.7 Å². The third-order valence-electron chi connectivity index (χ3n) is 2.77. The highest BCUT2D eigenvalue weighted by atomic mass is 19.3. The van der Waals surface area contributed by atoms with Gasteiger partial charge in [0, 0.05) is 0 Å². The summed E-state index contributed by atoms with van der Waals surface area (Å²) in [4.78, 5) is 12.3. The number of morpholine rings is 1. The van der Waals surface area contributed by atoms with E-state index in [1.165, 1.54) is 0 Å². The summed E-state index contributed by atoms with van der Waals surface area (Å²) in [6, 6.07) is -0.762. The lowest BCUT2D eigenvalue weighted by atomic mass is 10.2. The van der Waals surface area contributed by atoms with Gasteiger partial charge in [-0.05, 0) is 12.8 Å². The molecule has 2 aliphatic heterocycles. The first-order valence-electron chi connectivity index (χ1n) is 4.51. The zero-order valence-corrected chi connectivity index (χ0v) is 7.45. The Hall–Kier alpha value is -0.750. The highest BCUT2D eigenvalue weighted by Crippen LogP contribution is 2.34. The van der Waals surface area contributed by atoms with Crippen LogP contribution in [-0.2, 0) is 9.53 Å². The molecular weight excluding hydrogens is 196 g/mol. The second-order valence-electron chi connectivity index (χ2n) is 3.61. The van der Waals surface area contributed by atoms with Gasteiger partial charge in [0.25, 0.3) is 0 Å². The van der Waals surface area contributed by atoms with Crippen LogP contribution >= 0.6 is 0 Å². The van der Waals surface area contributed by atoms with E-state index in [0.717, 1.165) is 4.90 Å². The minimum atomic E-state index is -3.71. The maximum atomic E-state index is 12.9. The summed E-state index contributed by atoms with van der Waals surface area (Å²) in [6.45, 7) is -0.409. The minimum absolute atomic E-state index is 0.144. The van der Waals surface area contributed by atoms with E-state index in [1.807, 2.05) is 0 Å². The molecule has 80 valence electrons. The molecule has 4 nitrogen and oxygen atoms in total. The maximum Gasteiger partial charge on any atom is 0.436 e. The molecule has 0 radical (unpaired) electrons. The number of carbonyl (C=O) groups excluding carboxylic acids is 1. The molecule has 0 aromatic carbocycles. The molecule has 0 saturated carbocycles. The molecule has 1 N–H and O–H groups in total. The quantitative estimate of drug-likeness (QED) is 0.656. The van der Waals surface area contributed by atoms with Gasteiger partial charge in [0.1, 0.15) is 0 Å². The lowest BCUT2D eigenvalue weighted by Gasteiger charge is -2.36. The van der Waals surface area contributed by atoms with E-state index >= 15 is 0 Å². The Morgan fingerprint density at radius 1 is 1.57 bits per heavy atom. The van der Waals surface area contributed by atoms with Crippen molar-refractivity contribution in [1.82, 2.24) is 4.90 Å². The molecule has 0 unspecified atom stereocenters. The van der Waals surface area contributed by atoms with Crippen LogP contribution in [0.3, 0.4) is 0 Å². The molecule has 0 aromatic rings. The molecule has 0 aromatic heterocycles.